The smallest absolute Gasteiger partial charge is 0.274 e. The molecule has 16 heavy (non-hydrogen) atoms. The summed E-state index contributed by atoms with van der Waals surface area (Å²) in [5.41, 5.74) is 0.413. The van der Waals surface area contributed by atoms with E-state index >= 15 is 0 Å². The van der Waals surface area contributed by atoms with E-state index in [1.54, 1.807) is 11.1 Å². The number of nitrogens with zero attached hydrogens (tertiary/aromatic N) is 3. The Balaban J connectivity index is 2.05. The van der Waals surface area contributed by atoms with E-state index in [0.29, 0.717) is 17.6 Å². The number of amides is 1. The fourth-order valence-electron chi connectivity index (χ4n) is 1.52. The molecule has 0 atom stereocenters. The van der Waals surface area contributed by atoms with Crippen molar-refractivity contribution in [3.63, 3.8) is 0 Å². The molecular formula is C11H16N4O. The molecule has 0 unspecified atom stereocenters. The van der Waals surface area contributed by atoms with Gasteiger partial charge in [0.15, 0.2) is 0 Å². The molecule has 1 saturated carbocycles. The standard InChI is InChI=1S/C11H16N4O/c1-3-12-10-7-13-9(6-14-10)11(16)15(2)8-4-5-8/h6-8H,3-5H2,1-2H3,(H,12,14). The molecule has 0 bridgehead atoms. The maximum atomic E-state index is 11.9. The molecule has 1 aliphatic carbocycles. The van der Waals surface area contributed by atoms with Crippen LogP contribution < -0.4 is 5.32 Å². The van der Waals surface area contributed by atoms with Crippen molar-refractivity contribution in [1.82, 2.24) is 14.9 Å². The highest BCUT2D eigenvalue weighted by Crippen LogP contribution is 2.26. The second kappa shape index (κ2) is 4.47. The van der Waals surface area contributed by atoms with Crippen molar-refractivity contribution in [3.8, 4) is 0 Å². The zero-order valence-electron chi connectivity index (χ0n) is 9.60. The van der Waals surface area contributed by atoms with Crippen LogP contribution in [0.5, 0.6) is 0 Å². The van der Waals surface area contributed by atoms with E-state index in [1.165, 1.54) is 6.20 Å². The minimum Gasteiger partial charge on any atom is -0.369 e. The maximum absolute atomic E-state index is 11.9. The first-order valence-electron chi connectivity index (χ1n) is 5.55. The molecule has 1 fully saturated rings. The minimum absolute atomic E-state index is 0.0435. The molecular weight excluding hydrogens is 204 g/mol. The Hall–Kier alpha value is -1.65. The monoisotopic (exact) mass is 220 g/mol. The van der Waals surface area contributed by atoms with Crippen molar-refractivity contribution in [1.29, 1.82) is 0 Å². The van der Waals surface area contributed by atoms with Gasteiger partial charge in [-0.05, 0) is 19.8 Å². The highest BCUT2D eigenvalue weighted by Gasteiger charge is 2.30. The lowest BCUT2D eigenvalue weighted by molar-refractivity contribution is 0.0779. The molecule has 1 aromatic rings. The number of nitrogens with one attached hydrogen (secondary N) is 1. The van der Waals surface area contributed by atoms with Gasteiger partial charge in [-0.25, -0.2) is 9.97 Å². The Morgan fingerprint density at radius 3 is 2.75 bits per heavy atom. The molecule has 5 heteroatoms. The number of carbonyl (C=O) groups is 1. The van der Waals surface area contributed by atoms with E-state index in [2.05, 4.69) is 15.3 Å². The Morgan fingerprint density at radius 1 is 1.50 bits per heavy atom. The van der Waals surface area contributed by atoms with Crippen LogP contribution in [0.1, 0.15) is 30.3 Å². The number of hydrogen-bond acceptors (Lipinski definition) is 4. The summed E-state index contributed by atoms with van der Waals surface area (Å²) in [6.45, 7) is 2.78. The summed E-state index contributed by atoms with van der Waals surface area (Å²) in [5, 5.41) is 3.04. The predicted octanol–water partition coefficient (Wildman–Crippen LogP) is 1.14. The van der Waals surface area contributed by atoms with E-state index in [4.69, 9.17) is 0 Å². The third-order valence-corrected chi connectivity index (χ3v) is 2.64. The van der Waals surface area contributed by atoms with Gasteiger partial charge >= 0.3 is 0 Å². The molecule has 1 N–H and O–H groups in total. The number of aromatic nitrogens is 2. The van der Waals surface area contributed by atoms with Crippen LogP contribution in [-0.4, -0.2) is 40.4 Å². The van der Waals surface area contributed by atoms with E-state index in [0.717, 1.165) is 19.4 Å². The normalized spacial score (nSPS) is 14.6. The van der Waals surface area contributed by atoms with Crippen LogP contribution in [0.4, 0.5) is 5.82 Å². The topological polar surface area (TPSA) is 58.1 Å². The highest BCUT2D eigenvalue weighted by molar-refractivity contribution is 5.92. The van der Waals surface area contributed by atoms with Crippen molar-refractivity contribution in [2.45, 2.75) is 25.8 Å². The largest absolute Gasteiger partial charge is 0.369 e. The van der Waals surface area contributed by atoms with Gasteiger partial charge in [-0.15, -0.1) is 0 Å². The van der Waals surface area contributed by atoms with Crippen LogP contribution in [0.2, 0.25) is 0 Å². The first-order chi connectivity index (χ1) is 7.72. The van der Waals surface area contributed by atoms with Crippen LogP contribution in [0.25, 0.3) is 0 Å². The molecule has 5 nitrogen and oxygen atoms in total. The lowest BCUT2D eigenvalue weighted by Crippen LogP contribution is -2.29. The Bertz CT molecular complexity index is 372. The molecule has 86 valence electrons. The van der Waals surface area contributed by atoms with E-state index in [9.17, 15) is 4.79 Å². The molecule has 1 heterocycles. The summed E-state index contributed by atoms with van der Waals surface area (Å²) >= 11 is 0. The van der Waals surface area contributed by atoms with Gasteiger partial charge in [0.25, 0.3) is 5.91 Å². The number of rotatable bonds is 4. The van der Waals surface area contributed by atoms with Gasteiger partial charge < -0.3 is 10.2 Å². The average molecular weight is 220 g/mol. The second-order valence-electron chi connectivity index (χ2n) is 3.96. The van der Waals surface area contributed by atoms with Gasteiger partial charge in [-0.1, -0.05) is 0 Å². The summed E-state index contributed by atoms with van der Waals surface area (Å²) in [7, 11) is 1.82. The maximum Gasteiger partial charge on any atom is 0.274 e. The van der Waals surface area contributed by atoms with E-state index in [1.807, 2.05) is 14.0 Å². The van der Waals surface area contributed by atoms with Crippen LogP contribution in [0.3, 0.4) is 0 Å². The quantitative estimate of drug-likeness (QED) is 0.826. The zero-order chi connectivity index (χ0) is 11.5. The van der Waals surface area contributed by atoms with Gasteiger partial charge in [0.1, 0.15) is 11.5 Å². The molecule has 0 aromatic carbocycles. The third-order valence-electron chi connectivity index (χ3n) is 2.64. The van der Waals surface area contributed by atoms with Crippen molar-refractivity contribution in [2.24, 2.45) is 0 Å². The van der Waals surface area contributed by atoms with Gasteiger partial charge in [-0.3, -0.25) is 4.79 Å². The van der Waals surface area contributed by atoms with Crippen molar-refractivity contribution in [3.05, 3.63) is 18.1 Å². The first kappa shape index (κ1) is 10.9. The Morgan fingerprint density at radius 2 is 2.25 bits per heavy atom. The minimum atomic E-state index is -0.0435. The fourth-order valence-corrected chi connectivity index (χ4v) is 1.52. The second-order valence-corrected chi connectivity index (χ2v) is 3.96. The molecule has 0 aliphatic heterocycles. The lowest BCUT2D eigenvalue weighted by Gasteiger charge is -2.15. The van der Waals surface area contributed by atoms with Crippen LogP contribution in [0.15, 0.2) is 12.4 Å². The molecule has 1 aromatic heterocycles. The summed E-state index contributed by atoms with van der Waals surface area (Å²) in [4.78, 5) is 21.9. The van der Waals surface area contributed by atoms with Crippen LogP contribution >= 0.6 is 0 Å². The number of hydrogen-bond donors (Lipinski definition) is 1. The van der Waals surface area contributed by atoms with Crippen molar-refractivity contribution < 1.29 is 4.79 Å². The molecule has 0 saturated heterocycles. The molecule has 0 radical (unpaired) electrons. The molecule has 1 amide bonds. The lowest BCUT2D eigenvalue weighted by atomic mass is 10.4. The Kier molecular flexibility index (Phi) is 3.03. The fraction of sp³-hybridized carbons (Fsp3) is 0.545. The molecule has 2 rings (SSSR count). The number of anilines is 1. The van der Waals surface area contributed by atoms with E-state index < -0.39 is 0 Å². The summed E-state index contributed by atoms with van der Waals surface area (Å²) in [6.07, 6.45) is 5.33. The summed E-state index contributed by atoms with van der Waals surface area (Å²) < 4.78 is 0. The van der Waals surface area contributed by atoms with Crippen LogP contribution in [0, 0.1) is 0 Å². The average Bonchev–Trinajstić information content (AvgIpc) is 3.12. The van der Waals surface area contributed by atoms with E-state index in [-0.39, 0.29) is 5.91 Å². The van der Waals surface area contributed by atoms with Crippen molar-refractivity contribution >= 4 is 11.7 Å². The number of carbonyl (C=O) groups excluding carboxylic acids is 1. The van der Waals surface area contributed by atoms with Gasteiger partial charge in [0, 0.05) is 19.6 Å². The molecule has 1 aliphatic rings. The van der Waals surface area contributed by atoms with Gasteiger partial charge in [0.2, 0.25) is 0 Å². The molecule has 0 spiro atoms. The Labute approximate surface area is 94.9 Å². The summed E-state index contributed by atoms with van der Waals surface area (Å²) in [5.74, 6) is 0.658. The summed E-state index contributed by atoms with van der Waals surface area (Å²) in [6, 6.07) is 0.405. The SMILES string of the molecule is CCNc1cnc(C(=O)N(C)C2CC2)cn1. The zero-order valence-corrected chi connectivity index (χ0v) is 9.60. The first-order valence-corrected chi connectivity index (χ1v) is 5.55. The van der Waals surface area contributed by atoms with Crippen molar-refractivity contribution in [2.75, 3.05) is 18.9 Å². The van der Waals surface area contributed by atoms with Crippen LogP contribution in [-0.2, 0) is 0 Å². The highest BCUT2D eigenvalue weighted by atomic mass is 16.2. The van der Waals surface area contributed by atoms with Gasteiger partial charge in [-0.2, -0.15) is 0 Å². The van der Waals surface area contributed by atoms with Gasteiger partial charge in [0.05, 0.1) is 12.4 Å². The predicted molar refractivity (Wildman–Crippen MR) is 61.3 cm³/mol. The third kappa shape index (κ3) is 2.29.